The first-order valence-corrected chi connectivity index (χ1v) is 3.86. The summed E-state index contributed by atoms with van der Waals surface area (Å²) >= 11 is 0. The van der Waals surface area contributed by atoms with Crippen LogP contribution in [-0.4, -0.2) is 11.5 Å². The highest BCUT2D eigenvalue weighted by Crippen LogP contribution is 2.05. The normalized spacial score (nSPS) is 8.43. The van der Waals surface area contributed by atoms with E-state index in [2.05, 4.69) is 26.9 Å². The molecule has 0 saturated carbocycles. The number of hydrogen-bond donors (Lipinski definition) is 0. The fraction of sp³-hybridized carbons (Fsp3) is 0.222. The molecule has 1 aromatic heterocycles. The number of aryl methyl sites for hydroxylation is 1. The standard InChI is InChI=1S/C9H7FN4/c1-7-6-12-9(10)5-8(7)3-2-4-13-14-11/h5-6H,4H2,1H3. The Balaban J connectivity index is 2.88. The van der Waals surface area contributed by atoms with Gasteiger partial charge < -0.3 is 0 Å². The van der Waals surface area contributed by atoms with Crippen molar-refractivity contribution in [2.45, 2.75) is 6.92 Å². The van der Waals surface area contributed by atoms with E-state index in [0.29, 0.717) is 5.56 Å². The van der Waals surface area contributed by atoms with Gasteiger partial charge in [-0.2, -0.15) is 4.39 Å². The van der Waals surface area contributed by atoms with E-state index in [1.54, 1.807) is 6.92 Å². The minimum atomic E-state index is -0.566. The molecule has 0 atom stereocenters. The van der Waals surface area contributed by atoms with Crippen molar-refractivity contribution >= 4 is 0 Å². The summed E-state index contributed by atoms with van der Waals surface area (Å²) in [6.07, 6.45) is 1.41. The van der Waals surface area contributed by atoms with Gasteiger partial charge in [-0.25, -0.2) is 4.98 Å². The number of pyridine rings is 1. The van der Waals surface area contributed by atoms with Crippen LogP contribution < -0.4 is 0 Å². The van der Waals surface area contributed by atoms with Crippen molar-refractivity contribution < 1.29 is 4.39 Å². The molecule has 14 heavy (non-hydrogen) atoms. The maximum absolute atomic E-state index is 12.7. The largest absolute Gasteiger partial charge is 0.228 e. The van der Waals surface area contributed by atoms with Crippen LogP contribution in [0.25, 0.3) is 10.4 Å². The van der Waals surface area contributed by atoms with E-state index in [-0.39, 0.29) is 6.54 Å². The molecule has 0 aromatic carbocycles. The maximum atomic E-state index is 12.7. The Bertz CT molecular complexity index is 438. The number of rotatable bonds is 1. The smallest absolute Gasteiger partial charge is 0.214 e. The Labute approximate surface area is 80.4 Å². The highest BCUT2D eigenvalue weighted by molar-refractivity contribution is 5.39. The molecule has 4 nitrogen and oxygen atoms in total. The number of hydrogen-bond acceptors (Lipinski definition) is 2. The molecule has 0 unspecified atom stereocenters. The zero-order valence-electron chi connectivity index (χ0n) is 7.53. The van der Waals surface area contributed by atoms with Crippen molar-refractivity contribution in [3.8, 4) is 11.8 Å². The van der Waals surface area contributed by atoms with Crippen molar-refractivity contribution in [1.29, 1.82) is 0 Å². The van der Waals surface area contributed by atoms with Crippen LogP contribution in [-0.2, 0) is 0 Å². The Morgan fingerprint density at radius 1 is 1.71 bits per heavy atom. The number of aromatic nitrogens is 1. The second-order valence-corrected chi connectivity index (χ2v) is 2.51. The number of halogens is 1. The summed E-state index contributed by atoms with van der Waals surface area (Å²) in [4.78, 5) is 6.01. The molecule has 70 valence electrons. The second-order valence-electron chi connectivity index (χ2n) is 2.51. The summed E-state index contributed by atoms with van der Waals surface area (Å²) in [6.45, 7) is 1.86. The van der Waals surface area contributed by atoms with E-state index in [4.69, 9.17) is 5.53 Å². The van der Waals surface area contributed by atoms with Gasteiger partial charge in [0.25, 0.3) is 0 Å². The lowest BCUT2D eigenvalue weighted by Gasteiger charge is -1.95. The van der Waals surface area contributed by atoms with Crippen molar-refractivity contribution in [1.82, 2.24) is 4.98 Å². The molecule has 0 radical (unpaired) electrons. The topological polar surface area (TPSA) is 61.7 Å². The van der Waals surface area contributed by atoms with Gasteiger partial charge in [0.2, 0.25) is 5.95 Å². The molecule has 0 spiro atoms. The lowest BCUT2D eigenvalue weighted by atomic mass is 10.2. The van der Waals surface area contributed by atoms with E-state index in [0.717, 1.165) is 5.56 Å². The molecular formula is C9H7FN4. The van der Waals surface area contributed by atoms with Crippen LogP contribution in [0.3, 0.4) is 0 Å². The van der Waals surface area contributed by atoms with Gasteiger partial charge in [-0.3, -0.25) is 0 Å². The number of nitrogens with zero attached hydrogens (tertiary/aromatic N) is 4. The van der Waals surface area contributed by atoms with Gasteiger partial charge in [-0.15, -0.1) is 0 Å². The van der Waals surface area contributed by atoms with Gasteiger partial charge >= 0.3 is 0 Å². The molecule has 1 heterocycles. The summed E-state index contributed by atoms with van der Waals surface area (Å²) in [6, 6.07) is 1.25. The SMILES string of the molecule is Cc1cnc(F)cc1C#CCN=[N+]=[N-]. The summed E-state index contributed by atoms with van der Waals surface area (Å²) in [5.41, 5.74) is 9.34. The van der Waals surface area contributed by atoms with Gasteiger partial charge in [0.1, 0.15) is 0 Å². The molecule has 0 aliphatic heterocycles. The summed E-state index contributed by atoms with van der Waals surface area (Å²) in [5, 5.41) is 3.24. The van der Waals surface area contributed by atoms with Gasteiger partial charge in [-0.1, -0.05) is 17.0 Å². The molecule has 0 N–H and O–H groups in total. The molecule has 0 aliphatic rings. The predicted molar refractivity (Wildman–Crippen MR) is 49.8 cm³/mol. The third-order valence-electron chi connectivity index (χ3n) is 1.51. The van der Waals surface area contributed by atoms with Crippen LogP contribution in [0.2, 0.25) is 0 Å². The fourth-order valence-electron chi connectivity index (χ4n) is 0.835. The van der Waals surface area contributed by atoms with Gasteiger partial charge in [-0.05, 0) is 18.0 Å². The minimum absolute atomic E-state index is 0.0832. The average molecular weight is 190 g/mol. The molecule has 0 saturated heterocycles. The predicted octanol–water partition coefficient (Wildman–Crippen LogP) is 2.19. The summed E-state index contributed by atoms with van der Waals surface area (Å²) in [7, 11) is 0. The van der Waals surface area contributed by atoms with Gasteiger partial charge in [0, 0.05) is 22.7 Å². The zero-order chi connectivity index (χ0) is 10.4. The van der Waals surface area contributed by atoms with Crippen LogP contribution in [0.15, 0.2) is 17.4 Å². The second kappa shape index (κ2) is 4.85. The summed E-state index contributed by atoms with van der Waals surface area (Å²) < 4.78 is 12.7. The van der Waals surface area contributed by atoms with Crippen LogP contribution in [0, 0.1) is 24.7 Å². The first-order chi connectivity index (χ1) is 6.74. The fourth-order valence-corrected chi connectivity index (χ4v) is 0.835. The molecule has 0 amide bonds. The lowest BCUT2D eigenvalue weighted by Crippen LogP contribution is -1.88. The lowest BCUT2D eigenvalue weighted by molar-refractivity contribution is 0.582. The Kier molecular flexibility index (Phi) is 3.48. The Morgan fingerprint density at radius 2 is 2.50 bits per heavy atom. The van der Waals surface area contributed by atoms with Crippen molar-refractivity contribution in [2.24, 2.45) is 5.11 Å². The Hall–Kier alpha value is -2.05. The highest BCUT2D eigenvalue weighted by Gasteiger charge is 1.96. The van der Waals surface area contributed by atoms with E-state index in [1.807, 2.05) is 0 Å². The molecule has 0 aliphatic carbocycles. The van der Waals surface area contributed by atoms with E-state index in [9.17, 15) is 4.39 Å². The number of azide groups is 1. The van der Waals surface area contributed by atoms with Crippen LogP contribution in [0.4, 0.5) is 4.39 Å². The first kappa shape index (κ1) is 10.0. The monoisotopic (exact) mass is 190 g/mol. The van der Waals surface area contributed by atoms with Crippen LogP contribution in [0.5, 0.6) is 0 Å². The van der Waals surface area contributed by atoms with Gasteiger partial charge in [0.05, 0.1) is 6.54 Å². The Morgan fingerprint density at radius 3 is 3.21 bits per heavy atom. The van der Waals surface area contributed by atoms with Crippen molar-refractivity contribution in [2.75, 3.05) is 6.54 Å². The molecule has 1 aromatic rings. The molecular weight excluding hydrogens is 183 g/mol. The zero-order valence-corrected chi connectivity index (χ0v) is 7.53. The molecule has 5 heteroatoms. The van der Waals surface area contributed by atoms with Crippen molar-refractivity contribution in [3.05, 3.63) is 39.8 Å². The highest BCUT2D eigenvalue weighted by atomic mass is 19.1. The van der Waals surface area contributed by atoms with Crippen LogP contribution >= 0.6 is 0 Å². The van der Waals surface area contributed by atoms with Gasteiger partial charge in [0.15, 0.2) is 0 Å². The summed E-state index contributed by atoms with van der Waals surface area (Å²) in [5.74, 6) is 4.73. The van der Waals surface area contributed by atoms with Crippen molar-refractivity contribution in [3.63, 3.8) is 0 Å². The quantitative estimate of drug-likeness (QED) is 0.220. The minimum Gasteiger partial charge on any atom is -0.228 e. The average Bonchev–Trinajstić information content (AvgIpc) is 2.18. The molecule has 0 bridgehead atoms. The molecule has 1 rings (SSSR count). The third kappa shape index (κ3) is 2.77. The first-order valence-electron chi connectivity index (χ1n) is 3.86. The maximum Gasteiger partial charge on any atom is 0.214 e. The van der Waals surface area contributed by atoms with E-state index >= 15 is 0 Å². The van der Waals surface area contributed by atoms with E-state index < -0.39 is 5.95 Å². The van der Waals surface area contributed by atoms with E-state index in [1.165, 1.54) is 12.3 Å². The van der Waals surface area contributed by atoms with Crippen LogP contribution in [0.1, 0.15) is 11.1 Å². The molecule has 0 fully saturated rings. The third-order valence-corrected chi connectivity index (χ3v) is 1.51.